The first-order chi connectivity index (χ1) is 9.97. The topological polar surface area (TPSA) is 87.5 Å². The fourth-order valence-corrected chi connectivity index (χ4v) is 2.50. The molecule has 0 aliphatic carbocycles. The minimum atomic E-state index is -0.405. The van der Waals surface area contributed by atoms with E-state index in [1.54, 1.807) is 13.0 Å². The van der Waals surface area contributed by atoms with E-state index in [-0.39, 0.29) is 24.3 Å². The molecule has 7 heteroatoms. The second-order valence-corrected chi connectivity index (χ2v) is 5.55. The number of nitrogens with zero attached hydrogens (tertiary/aromatic N) is 2. The number of amides is 2. The van der Waals surface area contributed by atoms with Crippen LogP contribution in [0.5, 0.6) is 0 Å². The number of aryl methyl sites for hydroxylation is 1. The van der Waals surface area contributed by atoms with Crippen molar-refractivity contribution in [1.29, 1.82) is 0 Å². The Hall–Kier alpha value is -1.89. The zero-order valence-electron chi connectivity index (χ0n) is 12.7. The Labute approximate surface area is 124 Å². The summed E-state index contributed by atoms with van der Waals surface area (Å²) in [7, 11) is 0. The van der Waals surface area contributed by atoms with Crippen LogP contribution in [0.3, 0.4) is 0 Å². The molecule has 0 spiro atoms. The van der Waals surface area contributed by atoms with Crippen molar-refractivity contribution in [2.24, 2.45) is 0 Å². The van der Waals surface area contributed by atoms with Gasteiger partial charge in [0.05, 0.1) is 19.0 Å². The number of hydrogen-bond acceptors (Lipinski definition) is 5. The van der Waals surface area contributed by atoms with Crippen LogP contribution in [-0.2, 0) is 16.1 Å². The van der Waals surface area contributed by atoms with Crippen LogP contribution in [0.25, 0.3) is 0 Å². The van der Waals surface area contributed by atoms with Gasteiger partial charge < -0.3 is 15.2 Å². The summed E-state index contributed by atoms with van der Waals surface area (Å²) >= 11 is 0. The van der Waals surface area contributed by atoms with E-state index in [1.165, 1.54) is 0 Å². The van der Waals surface area contributed by atoms with E-state index in [9.17, 15) is 9.59 Å². The highest BCUT2D eigenvalue weighted by Crippen LogP contribution is 2.12. The maximum absolute atomic E-state index is 12.0. The molecule has 1 aliphatic rings. The van der Waals surface area contributed by atoms with Gasteiger partial charge in [0.1, 0.15) is 11.5 Å². The van der Waals surface area contributed by atoms with Crippen LogP contribution in [0.1, 0.15) is 31.7 Å². The number of hydrogen-bond donors (Lipinski definition) is 2. The van der Waals surface area contributed by atoms with E-state index in [4.69, 9.17) is 4.52 Å². The molecule has 0 radical (unpaired) electrons. The fraction of sp³-hybridized carbons (Fsp3) is 0.643. The second-order valence-electron chi connectivity index (χ2n) is 5.55. The molecule has 1 aliphatic heterocycles. The van der Waals surface area contributed by atoms with Gasteiger partial charge in [-0.15, -0.1) is 0 Å². The number of carbonyl (C=O) groups is 2. The molecule has 0 bridgehead atoms. The summed E-state index contributed by atoms with van der Waals surface area (Å²) < 4.78 is 4.94. The van der Waals surface area contributed by atoms with Gasteiger partial charge in [-0.3, -0.25) is 14.5 Å². The largest absolute Gasteiger partial charge is 0.361 e. The highest BCUT2D eigenvalue weighted by Gasteiger charge is 2.32. The predicted molar refractivity (Wildman–Crippen MR) is 76.3 cm³/mol. The lowest BCUT2D eigenvalue weighted by molar-refractivity contribution is -0.134. The predicted octanol–water partition coefficient (Wildman–Crippen LogP) is 0.198. The molecule has 2 rings (SSSR count). The molecule has 0 aromatic carbocycles. The van der Waals surface area contributed by atoms with Crippen LogP contribution in [-0.4, -0.2) is 47.0 Å². The zero-order valence-corrected chi connectivity index (χ0v) is 12.7. The molecule has 2 N–H and O–H groups in total. The first kappa shape index (κ1) is 15.5. The van der Waals surface area contributed by atoms with Crippen molar-refractivity contribution in [3.05, 3.63) is 17.5 Å². The molecule has 1 atom stereocenters. The molecule has 116 valence electrons. The first-order valence-electron chi connectivity index (χ1n) is 7.19. The van der Waals surface area contributed by atoms with Gasteiger partial charge in [0.2, 0.25) is 11.8 Å². The van der Waals surface area contributed by atoms with Gasteiger partial charge in [0.25, 0.3) is 0 Å². The lowest BCUT2D eigenvalue weighted by Gasteiger charge is -2.37. The van der Waals surface area contributed by atoms with Crippen LogP contribution in [0.4, 0.5) is 0 Å². The van der Waals surface area contributed by atoms with Crippen LogP contribution >= 0.6 is 0 Å². The third-order valence-corrected chi connectivity index (χ3v) is 3.56. The highest BCUT2D eigenvalue weighted by molar-refractivity contribution is 5.88. The average molecular weight is 294 g/mol. The minimum absolute atomic E-state index is 0.0811. The van der Waals surface area contributed by atoms with E-state index >= 15 is 0 Å². The second kappa shape index (κ2) is 6.71. The summed E-state index contributed by atoms with van der Waals surface area (Å²) in [6.07, 6.45) is 0.154. The summed E-state index contributed by atoms with van der Waals surface area (Å²) in [5, 5.41) is 9.40. The third-order valence-electron chi connectivity index (χ3n) is 3.56. The maximum atomic E-state index is 12.0. The maximum Gasteiger partial charge on any atom is 0.237 e. The molecule has 21 heavy (non-hydrogen) atoms. The number of aromatic nitrogens is 1. The summed E-state index contributed by atoms with van der Waals surface area (Å²) in [6.45, 7) is 7.57. The van der Waals surface area contributed by atoms with Gasteiger partial charge in [-0.25, -0.2) is 0 Å². The van der Waals surface area contributed by atoms with Gasteiger partial charge in [-0.05, 0) is 20.8 Å². The van der Waals surface area contributed by atoms with Gasteiger partial charge >= 0.3 is 0 Å². The van der Waals surface area contributed by atoms with Gasteiger partial charge in [-0.2, -0.15) is 0 Å². The van der Waals surface area contributed by atoms with Crippen LogP contribution in [0.2, 0.25) is 0 Å². The molecule has 1 fully saturated rings. The van der Waals surface area contributed by atoms with E-state index in [0.717, 1.165) is 6.54 Å². The smallest absolute Gasteiger partial charge is 0.237 e. The van der Waals surface area contributed by atoms with E-state index in [2.05, 4.69) is 20.7 Å². The van der Waals surface area contributed by atoms with Crippen molar-refractivity contribution < 1.29 is 14.1 Å². The summed E-state index contributed by atoms with van der Waals surface area (Å²) in [5.74, 6) is 0.461. The summed E-state index contributed by atoms with van der Waals surface area (Å²) in [4.78, 5) is 26.0. The number of carbonyl (C=O) groups excluding carboxylic acids is 2. The highest BCUT2D eigenvalue weighted by atomic mass is 16.5. The molecular formula is C14H22N4O3. The SMILES string of the molecule is Cc1cc(CNC(=O)CC2C(=O)NCCN2C(C)C)no1. The van der Waals surface area contributed by atoms with Crippen molar-refractivity contribution in [2.75, 3.05) is 13.1 Å². The summed E-state index contributed by atoms with van der Waals surface area (Å²) in [5.41, 5.74) is 0.676. The van der Waals surface area contributed by atoms with Gasteiger partial charge in [0, 0.05) is 25.2 Å². The Kier molecular flexibility index (Phi) is 4.95. The lowest BCUT2D eigenvalue weighted by atomic mass is 10.1. The molecule has 0 saturated carbocycles. The quantitative estimate of drug-likeness (QED) is 0.810. The number of rotatable bonds is 5. The van der Waals surface area contributed by atoms with Gasteiger partial charge in [0.15, 0.2) is 0 Å². The molecule has 1 unspecified atom stereocenters. The Bertz CT molecular complexity index is 512. The van der Waals surface area contributed by atoms with E-state index in [0.29, 0.717) is 24.5 Å². The average Bonchev–Trinajstić information content (AvgIpc) is 2.84. The van der Waals surface area contributed by atoms with Gasteiger partial charge in [-0.1, -0.05) is 5.16 Å². The van der Waals surface area contributed by atoms with Crippen molar-refractivity contribution >= 4 is 11.8 Å². The van der Waals surface area contributed by atoms with E-state index in [1.807, 2.05) is 13.8 Å². The fourth-order valence-electron chi connectivity index (χ4n) is 2.50. The Morgan fingerprint density at radius 1 is 1.62 bits per heavy atom. The Balaban J connectivity index is 1.89. The number of nitrogens with one attached hydrogen (secondary N) is 2. The molecule has 2 amide bonds. The monoisotopic (exact) mass is 294 g/mol. The van der Waals surface area contributed by atoms with Crippen LogP contribution < -0.4 is 10.6 Å². The Morgan fingerprint density at radius 2 is 2.38 bits per heavy atom. The normalized spacial score (nSPS) is 19.6. The molecular weight excluding hydrogens is 272 g/mol. The zero-order chi connectivity index (χ0) is 15.4. The minimum Gasteiger partial charge on any atom is -0.361 e. The summed E-state index contributed by atoms with van der Waals surface area (Å²) in [6, 6.07) is 1.60. The van der Waals surface area contributed by atoms with Crippen molar-refractivity contribution in [3.63, 3.8) is 0 Å². The first-order valence-corrected chi connectivity index (χ1v) is 7.19. The Morgan fingerprint density at radius 3 is 3.00 bits per heavy atom. The third kappa shape index (κ3) is 4.04. The molecule has 2 heterocycles. The lowest BCUT2D eigenvalue weighted by Crippen LogP contribution is -2.58. The van der Waals surface area contributed by atoms with Crippen molar-refractivity contribution in [2.45, 2.75) is 45.8 Å². The number of piperazine rings is 1. The standard InChI is InChI=1S/C14H22N4O3/c1-9(2)18-5-4-15-14(20)12(18)7-13(19)16-8-11-6-10(3)21-17-11/h6,9,12H,4-5,7-8H2,1-3H3,(H,15,20)(H,16,19). The molecule has 1 aromatic rings. The van der Waals surface area contributed by atoms with Crippen molar-refractivity contribution in [1.82, 2.24) is 20.7 Å². The molecule has 1 saturated heterocycles. The van der Waals surface area contributed by atoms with E-state index < -0.39 is 6.04 Å². The van der Waals surface area contributed by atoms with Crippen molar-refractivity contribution in [3.8, 4) is 0 Å². The van der Waals surface area contributed by atoms with Crippen LogP contribution in [0.15, 0.2) is 10.6 Å². The molecule has 1 aromatic heterocycles. The molecule has 7 nitrogen and oxygen atoms in total. The van der Waals surface area contributed by atoms with Crippen LogP contribution in [0, 0.1) is 6.92 Å².